The molecule has 0 spiro atoms. The molecule has 8 nitrogen and oxygen atoms in total. The van der Waals surface area contributed by atoms with Crippen LogP contribution >= 0.6 is 0 Å². The summed E-state index contributed by atoms with van der Waals surface area (Å²) in [7, 11) is 4.87. The van der Waals surface area contributed by atoms with Gasteiger partial charge in [-0.3, -0.25) is 5.84 Å². The van der Waals surface area contributed by atoms with Crippen molar-refractivity contribution >= 4 is 5.82 Å². The van der Waals surface area contributed by atoms with Gasteiger partial charge < -0.3 is 19.1 Å². The van der Waals surface area contributed by atoms with Crippen molar-refractivity contribution in [2.45, 2.75) is 25.4 Å². The number of nitrogens with zero attached hydrogens (tertiary/aromatic N) is 4. The molecule has 1 saturated heterocycles. The van der Waals surface area contributed by atoms with E-state index >= 15 is 0 Å². The predicted octanol–water partition coefficient (Wildman–Crippen LogP) is 1.85. The molecule has 1 aromatic heterocycles. The summed E-state index contributed by atoms with van der Waals surface area (Å²) in [6, 6.07) is 8.45. The van der Waals surface area contributed by atoms with Crippen LogP contribution in [0, 0.1) is 0 Å². The minimum Gasteiger partial charge on any atom is -0.497 e. The van der Waals surface area contributed by atoms with Gasteiger partial charge in [-0.05, 0) is 36.6 Å². The first-order valence-corrected chi connectivity index (χ1v) is 8.98. The number of hydrogen-bond donors (Lipinski definition) is 1. The van der Waals surface area contributed by atoms with Crippen LogP contribution in [0.3, 0.4) is 0 Å². The lowest BCUT2D eigenvalue weighted by Crippen LogP contribution is -2.48. The molecule has 0 saturated carbocycles. The molecule has 3 rings (SSSR count). The van der Waals surface area contributed by atoms with E-state index in [2.05, 4.69) is 14.9 Å². The first-order valence-electron chi connectivity index (χ1n) is 8.98. The molecule has 2 aromatic rings. The second-order valence-electron chi connectivity index (χ2n) is 6.51. The lowest BCUT2D eigenvalue weighted by atomic mass is 10.0. The summed E-state index contributed by atoms with van der Waals surface area (Å²) in [5.74, 6) is 8.81. The van der Waals surface area contributed by atoms with Crippen molar-refractivity contribution in [2.75, 3.05) is 39.3 Å². The third-order valence-corrected chi connectivity index (χ3v) is 4.84. The van der Waals surface area contributed by atoms with Gasteiger partial charge in [-0.2, -0.15) is 4.98 Å². The highest BCUT2D eigenvalue weighted by molar-refractivity contribution is 5.39. The Hall–Kier alpha value is -2.58. The number of methoxy groups -OCH3 is 3. The number of hydrogen-bond acceptors (Lipinski definition) is 8. The quantitative estimate of drug-likeness (QED) is 0.581. The fourth-order valence-corrected chi connectivity index (χ4v) is 3.33. The number of aromatic nitrogens is 2. The average Bonchev–Trinajstić information content (AvgIpc) is 2.73. The fraction of sp³-hybridized carbons (Fsp3) is 0.474. The molecule has 0 radical (unpaired) electrons. The smallest absolute Gasteiger partial charge is 0.318 e. The maximum atomic E-state index is 6.38. The minimum absolute atomic E-state index is 0.308. The van der Waals surface area contributed by atoms with E-state index in [9.17, 15) is 0 Å². The van der Waals surface area contributed by atoms with E-state index in [0.717, 1.165) is 48.8 Å². The van der Waals surface area contributed by atoms with Gasteiger partial charge in [0, 0.05) is 37.9 Å². The second-order valence-corrected chi connectivity index (χ2v) is 6.51. The molecule has 0 amide bonds. The van der Waals surface area contributed by atoms with E-state index in [1.54, 1.807) is 27.5 Å². The minimum atomic E-state index is 0.308. The van der Waals surface area contributed by atoms with Gasteiger partial charge in [0.05, 0.1) is 21.3 Å². The zero-order chi connectivity index (χ0) is 19.2. The van der Waals surface area contributed by atoms with Crippen molar-refractivity contribution in [3.63, 3.8) is 0 Å². The summed E-state index contributed by atoms with van der Waals surface area (Å²) in [5.41, 5.74) is 1.07. The van der Waals surface area contributed by atoms with Crippen molar-refractivity contribution < 1.29 is 14.2 Å². The van der Waals surface area contributed by atoms with Crippen molar-refractivity contribution in [3.8, 4) is 17.5 Å². The van der Waals surface area contributed by atoms with Crippen LogP contribution in [0.25, 0.3) is 0 Å². The van der Waals surface area contributed by atoms with Gasteiger partial charge in [0.1, 0.15) is 17.3 Å². The van der Waals surface area contributed by atoms with Crippen molar-refractivity contribution in [2.24, 2.45) is 5.84 Å². The van der Waals surface area contributed by atoms with Crippen molar-refractivity contribution in [3.05, 3.63) is 36.0 Å². The van der Waals surface area contributed by atoms with Gasteiger partial charge in [-0.15, -0.1) is 0 Å². The van der Waals surface area contributed by atoms with Crippen LogP contribution in [0.15, 0.2) is 30.5 Å². The average molecular weight is 373 g/mol. The van der Waals surface area contributed by atoms with Gasteiger partial charge in [-0.25, -0.2) is 9.99 Å². The molecule has 1 aliphatic heterocycles. The Bertz CT molecular complexity index is 728. The summed E-state index contributed by atoms with van der Waals surface area (Å²) in [6.45, 7) is 2.42. The highest BCUT2D eigenvalue weighted by Crippen LogP contribution is 2.25. The molecule has 1 fully saturated rings. The molecule has 1 aliphatic rings. The molecule has 0 bridgehead atoms. The molecule has 146 valence electrons. The lowest BCUT2D eigenvalue weighted by Gasteiger charge is -2.37. The van der Waals surface area contributed by atoms with Gasteiger partial charge in [-0.1, -0.05) is 0 Å². The number of benzene rings is 1. The standard InChI is InChI=1S/C19H27N5O3/c1-25-16-10-14(11-17(12-16)26-2)13-24(20)15-5-8-23(9-6-15)18-4-7-21-19(22-18)27-3/h4,7,10-12,15H,5-6,8-9,13,20H2,1-3H3. The van der Waals surface area contributed by atoms with E-state index < -0.39 is 0 Å². The third-order valence-electron chi connectivity index (χ3n) is 4.84. The van der Waals surface area contributed by atoms with E-state index in [4.69, 9.17) is 20.1 Å². The Morgan fingerprint density at radius 3 is 2.33 bits per heavy atom. The maximum Gasteiger partial charge on any atom is 0.318 e. The Kier molecular flexibility index (Phi) is 6.31. The van der Waals surface area contributed by atoms with Crippen LogP contribution in [0.1, 0.15) is 18.4 Å². The molecule has 0 aliphatic carbocycles. The lowest BCUT2D eigenvalue weighted by molar-refractivity contribution is 0.163. The summed E-state index contributed by atoms with van der Waals surface area (Å²) in [6.07, 6.45) is 3.65. The first-order chi connectivity index (χ1) is 13.1. The third kappa shape index (κ3) is 4.78. The number of nitrogens with two attached hydrogens (primary N) is 1. The Balaban J connectivity index is 1.59. The van der Waals surface area contributed by atoms with E-state index in [1.165, 1.54) is 0 Å². The summed E-state index contributed by atoms with van der Waals surface area (Å²) in [5, 5.41) is 1.91. The molecule has 2 N–H and O–H groups in total. The summed E-state index contributed by atoms with van der Waals surface area (Å²) in [4.78, 5) is 10.7. The normalized spacial score (nSPS) is 15.1. The van der Waals surface area contributed by atoms with Crippen LogP contribution in [0.5, 0.6) is 17.5 Å². The molecular weight excluding hydrogens is 346 g/mol. The Morgan fingerprint density at radius 2 is 1.74 bits per heavy atom. The predicted molar refractivity (Wildman–Crippen MR) is 103 cm³/mol. The van der Waals surface area contributed by atoms with Crippen LogP contribution < -0.4 is 25.0 Å². The van der Waals surface area contributed by atoms with Crippen molar-refractivity contribution in [1.82, 2.24) is 15.0 Å². The number of anilines is 1. The zero-order valence-corrected chi connectivity index (χ0v) is 16.1. The largest absolute Gasteiger partial charge is 0.497 e. The number of ether oxygens (including phenoxy) is 3. The van der Waals surface area contributed by atoms with E-state index in [-0.39, 0.29) is 0 Å². The van der Waals surface area contributed by atoms with Gasteiger partial charge >= 0.3 is 6.01 Å². The molecular formula is C19H27N5O3. The highest BCUT2D eigenvalue weighted by Gasteiger charge is 2.24. The maximum absolute atomic E-state index is 6.38. The Labute approximate surface area is 159 Å². The molecule has 8 heteroatoms. The molecule has 1 aromatic carbocycles. The number of hydrazine groups is 1. The summed E-state index contributed by atoms with van der Waals surface area (Å²) >= 11 is 0. The second kappa shape index (κ2) is 8.88. The molecule has 0 unspecified atom stereocenters. The molecule has 27 heavy (non-hydrogen) atoms. The Morgan fingerprint density at radius 1 is 1.07 bits per heavy atom. The first kappa shape index (κ1) is 19.2. The van der Waals surface area contributed by atoms with Gasteiger partial charge in [0.2, 0.25) is 0 Å². The topological polar surface area (TPSA) is 86.0 Å². The van der Waals surface area contributed by atoms with Crippen LogP contribution in [0.2, 0.25) is 0 Å². The number of piperidine rings is 1. The SMILES string of the molecule is COc1cc(CN(N)C2CCN(c3ccnc(OC)n3)CC2)cc(OC)c1. The van der Waals surface area contributed by atoms with Gasteiger partial charge in [0.25, 0.3) is 0 Å². The number of rotatable bonds is 7. The van der Waals surface area contributed by atoms with E-state index in [1.807, 2.05) is 29.3 Å². The van der Waals surface area contributed by atoms with Crippen LogP contribution in [-0.2, 0) is 6.54 Å². The van der Waals surface area contributed by atoms with Gasteiger partial charge in [0.15, 0.2) is 0 Å². The molecule has 0 atom stereocenters. The zero-order valence-electron chi connectivity index (χ0n) is 16.1. The fourth-order valence-electron chi connectivity index (χ4n) is 3.33. The van der Waals surface area contributed by atoms with Crippen LogP contribution in [0.4, 0.5) is 5.82 Å². The monoisotopic (exact) mass is 373 g/mol. The highest BCUT2D eigenvalue weighted by atomic mass is 16.5. The molecule has 2 heterocycles. The van der Waals surface area contributed by atoms with Crippen LogP contribution in [-0.4, -0.2) is 55.4 Å². The van der Waals surface area contributed by atoms with E-state index in [0.29, 0.717) is 18.6 Å². The van der Waals surface area contributed by atoms with Crippen molar-refractivity contribution in [1.29, 1.82) is 0 Å². The summed E-state index contributed by atoms with van der Waals surface area (Å²) < 4.78 is 15.8.